The standard InChI is InChI=1S/C19H20ClN3O2S/c1-14(13-19(25)21-16-5-3-2-4-6-16)22-23-18(24)11-12-26-17-9-7-15(20)8-10-17/h2-10H,11-13H2,1H3,(H,21,25)(H,23,24). The number of amides is 2. The van der Waals surface area contributed by atoms with E-state index in [9.17, 15) is 9.59 Å². The third kappa shape index (κ3) is 7.72. The topological polar surface area (TPSA) is 70.6 Å². The molecule has 0 aliphatic rings. The third-order valence-corrected chi connectivity index (χ3v) is 4.52. The second-order valence-corrected chi connectivity index (χ2v) is 7.13. The van der Waals surface area contributed by atoms with Crippen molar-refractivity contribution in [2.45, 2.75) is 24.7 Å². The maximum atomic E-state index is 11.9. The van der Waals surface area contributed by atoms with Gasteiger partial charge in [-0.05, 0) is 43.3 Å². The first-order chi connectivity index (χ1) is 12.5. The van der Waals surface area contributed by atoms with Gasteiger partial charge in [-0.3, -0.25) is 9.59 Å². The summed E-state index contributed by atoms with van der Waals surface area (Å²) in [5, 5.41) is 7.43. The van der Waals surface area contributed by atoms with Crippen molar-refractivity contribution in [3.05, 3.63) is 59.6 Å². The van der Waals surface area contributed by atoms with Crippen molar-refractivity contribution in [1.82, 2.24) is 5.43 Å². The van der Waals surface area contributed by atoms with Gasteiger partial charge in [-0.2, -0.15) is 5.10 Å². The average Bonchev–Trinajstić information content (AvgIpc) is 2.62. The number of hydrazone groups is 1. The highest BCUT2D eigenvalue weighted by atomic mass is 35.5. The molecule has 0 aliphatic heterocycles. The molecular formula is C19H20ClN3O2S. The molecule has 0 unspecified atom stereocenters. The van der Waals surface area contributed by atoms with Crippen molar-refractivity contribution < 1.29 is 9.59 Å². The Hall–Kier alpha value is -2.31. The Morgan fingerprint density at radius 2 is 1.73 bits per heavy atom. The zero-order valence-electron chi connectivity index (χ0n) is 14.4. The fourth-order valence-corrected chi connectivity index (χ4v) is 2.98. The molecule has 0 aliphatic carbocycles. The predicted octanol–water partition coefficient (Wildman–Crippen LogP) is 4.34. The fourth-order valence-electron chi connectivity index (χ4n) is 2.00. The summed E-state index contributed by atoms with van der Waals surface area (Å²) in [4.78, 5) is 24.8. The molecule has 2 amide bonds. The number of nitrogens with zero attached hydrogens (tertiary/aromatic N) is 1. The van der Waals surface area contributed by atoms with Gasteiger partial charge in [0, 0.05) is 33.5 Å². The van der Waals surface area contributed by atoms with Crippen molar-refractivity contribution in [2.24, 2.45) is 5.10 Å². The van der Waals surface area contributed by atoms with Crippen LogP contribution in [0.1, 0.15) is 19.8 Å². The normalized spacial score (nSPS) is 11.1. The van der Waals surface area contributed by atoms with Gasteiger partial charge in [-0.15, -0.1) is 11.8 Å². The minimum absolute atomic E-state index is 0.120. The number of carbonyl (C=O) groups is 2. The van der Waals surface area contributed by atoms with E-state index >= 15 is 0 Å². The summed E-state index contributed by atoms with van der Waals surface area (Å²) in [6, 6.07) is 16.7. The monoisotopic (exact) mass is 389 g/mol. The number of carbonyl (C=O) groups excluding carboxylic acids is 2. The van der Waals surface area contributed by atoms with Gasteiger partial charge in [0.25, 0.3) is 0 Å². The third-order valence-electron chi connectivity index (χ3n) is 3.26. The molecule has 2 aromatic carbocycles. The van der Waals surface area contributed by atoms with Gasteiger partial charge in [0.1, 0.15) is 0 Å². The minimum atomic E-state index is -0.186. The number of rotatable bonds is 8. The Bertz CT molecular complexity index is 764. The zero-order valence-corrected chi connectivity index (χ0v) is 15.9. The van der Waals surface area contributed by atoms with Gasteiger partial charge < -0.3 is 5.32 Å². The summed E-state index contributed by atoms with van der Waals surface area (Å²) in [6.45, 7) is 1.70. The van der Waals surface area contributed by atoms with Gasteiger partial charge >= 0.3 is 0 Å². The number of nitrogens with one attached hydrogen (secondary N) is 2. The predicted molar refractivity (Wildman–Crippen MR) is 108 cm³/mol. The van der Waals surface area contributed by atoms with Crippen LogP contribution >= 0.6 is 23.4 Å². The van der Waals surface area contributed by atoms with Gasteiger partial charge in [0.05, 0.1) is 6.42 Å². The number of halogens is 1. The molecule has 0 aromatic heterocycles. The van der Waals surface area contributed by atoms with Crippen LogP contribution in [0.25, 0.3) is 0 Å². The Kier molecular flexibility index (Phi) is 8.18. The lowest BCUT2D eigenvalue weighted by Gasteiger charge is -2.05. The molecule has 0 fully saturated rings. The molecule has 0 saturated heterocycles. The van der Waals surface area contributed by atoms with E-state index in [1.165, 1.54) is 0 Å². The van der Waals surface area contributed by atoms with Crippen LogP contribution in [0, 0.1) is 0 Å². The molecule has 26 heavy (non-hydrogen) atoms. The number of hydrogen-bond acceptors (Lipinski definition) is 4. The van der Waals surface area contributed by atoms with Crippen molar-refractivity contribution in [3.63, 3.8) is 0 Å². The lowest BCUT2D eigenvalue weighted by molar-refractivity contribution is -0.120. The SMILES string of the molecule is CC(CC(=O)Nc1ccccc1)=NNC(=O)CCSc1ccc(Cl)cc1. The molecule has 0 radical (unpaired) electrons. The molecule has 2 aromatic rings. The van der Waals surface area contributed by atoms with E-state index in [0.717, 1.165) is 10.6 Å². The van der Waals surface area contributed by atoms with Crippen molar-refractivity contribution in [2.75, 3.05) is 11.1 Å². The summed E-state index contributed by atoms with van der Waals surface area (Å²) in [5.41, 5.74) is 3.75. The maximum absolute atomic E-state index is 11.9. The molecule has 7 heteroatoms. The molecule has 0 atom stereocenters. The van der Waals surface area contributed by atoms with Crippen LogP contribution in [-0.2, 0) is 9.59 Å². The lowest BCUT2D eigenvalue weighted by atomic mass is 10.2. The second-order valence-electron chi connectivity index (χ2n) is 5.53. The second kappa shape index (κ2) is 10.6. The number of para-hydroxylation sites is 1. The van der Waals surface area contributed by atoms with E-state index in [-0.39, 0.29) is 18.2 Å². The van der Waals surface area contributed by atoms with Crippen LogP contribution in [0.5, 0.6) is 0 Å². The summed E-state index contributed by atoms with van der Waals surface area (Å²) in [7, 11) is 0. The van der Waals surface area contributed by atoms with E-state index in [0.29, 0.717) is 22.9 Å². The van der Waals surface area contributed by atoms with Gasteiger partial charge in [0.2, 0.25) is 11.8 Å². The zero-order chi connectivity index (χ0) is 18.8. The number of benzene rings is 2. The van der Waals surface area contributed by atoms with E-state index in [1.54, 1.807) is 18.7 Å². The summed E-state index contributed by atoms with van der Waals surface area (Å²) in [6.07, 6.45) is 0.453. The Morgan fingerprint density at radius 3 is 2.42 bits per heavy atom. The van der Waals surface area contributed by atoms with Crippen molar-refractivity contribution >= 4 is 46.6 Å². The molecule has 2 N–H and O–H groups in total. The van der Waals surface area contributed by atoms with E-state index < -0.39 is 0 Å². The largest absolute Gasteiger partial charge is 0.326 e. The van der Waals surface area contributed by atoms with E-state index in [4.69, 9.17) is 11.6 Å². The van der Waals surface area contributed by atoms with Crippen molar-refractivity contribution in [3.8, 4) is 0 Å². The fraction of sp³-hybridized carbons (Fsp3) is 0.211. The number of anilines is 1. The van der Waals surface area contributed by atoms with E-state index in [2.05, 4.69) is 15.8 Å². The van der Waals surface area contributed by atoms with E-state index in [1.807, 2.05) is 54.6 Å². The molecule has 2 rings (SSSR count). The van der Waals surface area contributed by atoms with Gasteiger partial charge in [-0.1, -0.05) is 29.8 Å². The number of thioether (sulfide) groups is 1. The van der Waals surface area contributed by atoms with Gasteiger partial charge in [0.15, 0.2) is 0 Å². The van der Waals surface area contributed by atoms with Crippen LogP contribution in [-0.4, -0.2) is 23.3 Å². The Balaban J connectivity index is 1.67. The first-order valence-corrected chi connectivity index (χ1v) is 9.44. The average molecular weight is 390 g/mol. The summed E-state index contributed by atoms with van der Waals surface area (Å²) >= 11 is 7.40. The smallest absolute Gasteiger partial charge is 0.240 e. The van der Waals surface area contributed by atoms with Crippen LogP contribution in [0.15, 0.2) is 64.6 Å². The summed E-state index contributed by atoms with van der Waals surface area (Å²) in [5.74, 6) is 0.274. The Morgan fingerprint density at radius 1 is 1.04 bits per heavy atom. The molecule has 136 valence electrons. The summed E-state index contributed by atoms with van der Waals surface area (Å²) < 4.78 is 0. The molecule has 0 heterocycles. The molecular weight excluding hydrogens is 370 g/mol. The quantitative estimate of drug-likeness (QED) is 0.400. The minimum Gasteiger partial charge on any atom is -0.326 e. The molecule has 0 saturated carbocycles. The van der Waals surface area contributed by atoms with Crippen LogP contribution < -0.4 is 10.7 Å². The highest BCUT2D eigenvalue weighted by Gasteiger charge is 2.06. The van der Waals surface area contributed by atoms with Crippen molar-refractivity contribution in [1.29, 1.82) is 0 Å². The van der Waals surface area contributed by atoms with Gasteiger partial charge in [-0.25, -0.2) is 5.43 Å². The maximum Gasteiger partial charge on any atom is 0.240 e. The highest BCUT2D eigenvalue weighted by molar-refractivity contribution is 7.99. The van der Waals surface area contributed by atoms with Crippen LogP contribution in [0.2, 0.25) is 5.02 Å². The molecule has 0 bridgehead atoms. The number of hydrogen-bond donors (Lipinski definition) is 2. The first kappa shape index (κ1) is 20.0. The lowest BCUT2D eigenvalue weighted by Crippen LogP contribution is -2.21. The van der Waals surface area contributed by atoms with Crippen LogP contribution in [0.4, 0.5) is 5.69 Å². The molecule has 0 spiro atoms. The molecule has 5 nitrogen and oxygen atoms in total. The highest BCUT2D eigenvalue weighted by Crippen LogP contribution is 2.20. The van der Waals surface area contributed by atoms with Crippen LogP contribution in [0.3, 0.4) is 0 Å². The Labute approximate surface area is 162 Å². The first-order valence-electron chi connectivity index (χ1n) is 8.08.